The number of nitrogens with one attached hydrogen (secondary N) is 1. The van der Waals surface area contributed by atoms with Crippen LogP contribution in [0.25, 0.3) is 0 Å². The summed E-state index contributed by atoms with van der Waals surface area (Å²) in [6.45, 7) is 3.19. The Morgan fingerprint density at radius 3 is 2.62 bits per heavy atom. The lowest BCUT2D eigenvalue weighted by Gasteiger charge is -2.30. The number of benzene rings is 1. The standard InChI is InChI=1S/C12H15NO3/c1-11(2,15)7-12(16)9-6-4-3-5-8(9)10(14)13-12/h3-6,15-16H,7H2,1-2H3,(H,13,14). The Morgan fingerprint density at radius 2 is 2.00 bits per heavy atom. The number of hydrogen-bond acceptors (Lipinski definition) is 3. The van der Waals surface area contributed by atoms with E-state index in [1.54, 1.807) is 38.1 Å². The molecule has 4 heteroatoms. The Balaban J connectivity index is 2.43. The van der Waals surface area contributed by atoms with Gasteiger partial charge in [0.05, 0.1) is 5.60 Å². The molecule has 0 saturated carbocycles. The Bertz CT molecular complexity index is 436. The van der Waals surface area contributed by atoms with Crippen LogP contribution in [0, 0.1) is 0 Å². The van der Waals surface area contributed by atoms with Crippen molar-refractivity contribution in [1.29, 1.82) is 0 Å². The maximum atomic E-state index is 11.6. The van der Waals surface area contributed by atoms with Gasteiger partial charge in [-0.15, -0.1) is 0 Å². The molecule has 86 valence electrons. The van der Waals surface area contributed by atoms with Crippen LogP contribution in [-0.4, -0.2) is 21.7 Å². The molecule has 1 atom stereocenters. The molecular weight excluding hydrogens is 206 g/mol. The van der Waals surface area contributed by atoms with E-state index in [1.807, 2.05) is 0 Å². The summed E-state index contributed by atoms with van der Waals surface area (Å²) in [7, 11) is 0. The van der Waals surface area contributed by atoms with Crippen molar-refractivity contribution in [3.05, 3.63) is 35.4 Å². The van der Waals surface area contributed by atoms with Crippen molar-refractivity contribution >= 4 is 5.91 Å². The smallest absolute Gasteiger partial charge is 0.254 e. The summed E-state index contributed by atoms with van der Waals surface area (Å²) in [5.41, 5.74) is -1.53. The van der Waals surface area contributed by atoms with Crippen molar-refractivity contribution < 1.29 is 15.0 Å². The summed E-state index contributed by atoms with van der Waals surface area (Å²) in [6.07, 6.45) is 0.0583. The second-order valence-corrected chi connectivity index (χ2v) is 4.85. The average Bonchev–Trinajstić information content (AvgIpc) is 2.37. The highest BCUT2D eigenvalue weighted by Gasteiger charge is 2.43. The molecule has 16 heavy (non-hydrogen) atoms. The molecule has 1 aliphatic heterocycles. The quantitative estimate of drug-likeness (QED) is 0.689. The predicted octanol–water partition coefficient (Wildman–Crippen LogP) is 0.736. The Hall–Kier alpha value is -1.39. The molecule has 2 rings (SSSR count). The number of aliphatic hydroxyl groups is 2. The van der Waals surface area contributed by atoms with Crippen molar-refractivity contribution in [3.8, 4) is 0 Å². The highest BCUT2D eigenvalue weighted by atomic mass is 16.3. The lowest BCUT2D eigenvalue weighted by atomic mass is 9.91. The van der Waals surface area contributed by atoms with Gasteiger partial charge < -0.3 is 15.5 Å². The second-order valence-electron chi connectivity index (χ2n) is 4.85. The average molecular weight is 221 g/mol. The van der Waals surface area contributed by atoms with Crippen LogP contribution >= 0.6 is 0 Å². The van der Waals surface area contributed by atoms with E-state index in [-0.39, 0.29) is 12.3 Å². The molecule has 3 N–H and O–H groups in total. The SMILES string of the molecule is CC(C)(O)CC1(O)NC(=O)c2ccccc21. The van der Waals surface area contributed by atoms with E-state index in [1.165, 1.54) is 0 Å². The van der Waals surface area contributed by atoms with Crippen LogP contribution in [0.3, 0.4) is 0 Å². The maximum absolute atomic E-state index is 11.6. The molecule has 1 heterocycles. The summed E-state index contributed by atoms with van der Waals surface area (Å²) in [5, 5.41) is 22.6. The summed E-state index contributed by atoms with van der Waals surface area (Å²) < 4.78 is 0. The molecule has 0 aromatic heterocycles. The normalized spacial score (nSPS) is 24.1. The van der Waals surface area contributed by atoms with Crippen LogP contribution in [0.5, 0.6) is 0 Å². The number of hydrogen-bond donors (Lipinski definition) is 3. The molecule has 0 saturated heterocycles. The van der Waals surface area contributed by atoms with Crippen LogP contribution in [0.4, 0.5) is 0 Å². The van der Waals surface area contributed by atoms with Gasteiger partial charge in [0.15, 0.2) is 5.72 Å². The predicted molar refractivity (Wildman–Crippen MR) is 58.7 cm³/mol. The summed E-state index contributed by atoms with van der Waals surface area (Å²) >= 11 is 0. The Labute approximate surface area is 93.9 Å². The molecule has 0 bridgehead atoms. The van der Waals surface area contributed by atoms with Crippen LogP contribution in [0.2, 0.25) is 0 Å². The Morgan fingerprint density at radius 1 is 1.38 bits per heavy atom. The third-order valence-electron chi connectivity index (χ3n) is 2.63. The van der Waals surface area contributed by atoms with Gasteiger partial charge in [0, 0.05) is 17.5 Å². The van der Waals surface area contributed by atoms with Crippen molar-refractivity contribution in [1.82, 2.24) is 5.32 Å². The fraction of sp³-hybridized carbons (Fsp3) is 0.417. The monoisotopic (exact) mass is 221 g/mol. The molecule has 1 aromatic rings. The summed E-state index contributed by atoms with van der Waals surface area (Å²) in [6, 6.07) is 6.86. The topological polar surface area (TPSA) is 69.6 Å². The lowest BCUT2D eigenvalue weighted by Crippen LogP contribution is -2.44. The lowest BCUT2D eigenvalue weighted by molar-refractivity contribution is -0.0610. The fourth-order valence-corrected chi connectivity index (χ4v) is 2.13. The van der Waals surface area contributed by atoms with Gasteiger partial charge in [-0.05, 0) is 19.9 Å². The summed E-state index contributed by atoms with van der Waals surface area (Å²) in [5.74, 6) is -0.303. The van der Waals surface area contributed by atoms with Crippen LogP contribution in [0.1, 0.15) is 36.2 Å². The van der Waals surface area contributed by atoms with Crippen molar-refractivity contribution in [3.63, 3.8) is 0 Å². The van der Waals surface area contributed by atoms with Gasteiger partial charge in [-0.1, -0.05) is 18.2 Å². The minimum Gasteiger partial charge on any atom is -0.390 e. The van der Waals surface area contributed by atoms with Crippen molar-refractivity contribution in [2.24, 2.45) is 0 Å². The summed E-state index contributed by atoms with van der Waals surface area (Å²) in [4.78, 5) is 11.6. The third-order valence-corrected chi connectivity index (χ3v) is 2.63. The van der Waals surface area contributed by atoms with E-state index in [2.05, 4.69) is 5.32 Å². The molecule has 1 amide bonds. The Kier molecular flexibility index (Phi) is 2.29. The number of carbonyl (C=O) groups is 1. The van der Waals surface area contributed by atoms with Gasteiger partial charge in [-0.25, -0.2) is 0 Å². The van der Waals surface area contributed by atoms with E-state index in [9.17, 15) is 15.0 Å². The maximum Gasteiger partial charge on any atom is 0.254 e. The van der Waals surface area contributed by atoms with Crippen LogP contribution in [-0.2, 0) is 5.72 Å². The molecule has 0 spiro atoms. The van der Waals surface area contributed by atoms with E-state index in [0.29, 0.717) is 11.1 Å². The van der Waals surface area contributed by atoms with E-state index in [0.717, 1.165) is 0 Å². The largest absolute Gasteiger partial charge is 0.390 e. The number of carbonyl (C=O) groups excluding carboxylic acids is 1. The number of fused-ring (bicyclic) bond motifs is 1. The van der Waals surface area contributed by atoms with Crippen LogP contribution < -0.4 is 5.32 Å². The third kappa shape index (κ3) is 1.81. The van der Waals surface area contributed by atoms with E-state index in [4.69, 9.17) is 0 Å². The van der Waals surface area contributed by atoms with Crippen molar-refractivity contribution in [2.75, 3.05) is 0 Å². The minimum atomic E-state index is -1.47. The molecule has 1 aliphatic rings. The molecule has 1 unspecified atom stereocenters. The van der Waals surface area contributed by atoms with Gasteiger partial charge in [-0.2, -0.15) is 0 Å². The van der Waals surface area contributed by atoms with Gasteiger partial charge in [0.2, 0.25) is 0 Å². The van der Waals surface area contributed by atoms with Crippen LogP contribution in [0.15, 0.2) is 24.3 Å². The molecule has 0 radical (unpaired) electrons. The van der Waals surface area contributed by atoms with Gasteiger partial charge in [-0.3, -0.25) is 4.79 Å². The van der Waals surface area contributed by atoms with Gasteiger partial charge in [0.25, 0.3) is 5.91 Å². The molecule has 0 aliphatic carbocycles. The molecule has 0 fully saturated rings. The molecular formula is C12H15NO3. The van der Waals surface area contributed by atoms with Crippen molar-refractivity contribution in [2.45, 2.75) is 31.6 Å². The first-order chi connectivity index (χ1) is 7.32. The van der Waals surface area contributed by atoms with E-state index < -0.39 is 11.3 Å². The first-order valence-electron chi connectivity index (χ1n) is 5.19. The number of rotatable bonds is 2. The minimum absolute atomic E-state index is 0.0583. The highest BCUT2D eigenvalue weighted by Crippen LogP contribution is 2.34. The van der Waals surface area contributed by atoms with E-state index >= 15 is 0 Å². The first-order valence-corrected chi connectivity index (χ1v) is 5.19. The zero-order chi connectivity index (χ0) is 12.0. The zero-order valence-corrected chi connectivity index (χ0v) is 9.32. The molecule has 1 aromatic carbocycles. The fourth-order valence-electron chi connectivity index (χ4n) is 2.13. The zero-order valence-electron chi connectivity index (χ0n) is 9.32. The first kappa shape index (κ1) is 11.1. The van der Waals surface area contributed by atoms with Gasteiger partial charge >= 0.3 is 0 Å². The van der Waals surface area contributed by atoms with Gasteiger partial charge in [0.1, 0.15) is 0 Å². The highest BCUT2D eigenvalue weighted by molar-refractivity contribution is 5.99. The second kappa shape index (κ2) is 3.30. The number of amides is 1. The molecule has 4 nitrogen and oxygen atoms in total.